The molecule has 0 spiro atoms. The van der Waals surface area contributed by atoms with Crippen LogP contribution in [0.2, 0.25) is 5.02 Å². The van der Waals surface area contributed by atoms with Crippen molar-refractivity contribution in [2.24, 2.45) is 0 Å². The van der Waals surface area contributed by atoms with E-state index in [1.165, 1.54) is 11.3 Å². The van der Waals surface area contributed by atoms with Gasteiger partial charge in [-0.25, -0.2) is 4.98 Å². The highest BCUT2D eigenvalue weighted by Crippen LogP contribution is 2.34. The molecule has 0 aliphatic heterocycles. The minimum absolute atomic E-state index is 0.105. The zero-order chi connectivity index (χ0) is 20.9. The number of carboxylic acid groups (broad SMARTS) is 1. The number of nitrogens with zero attached hydrogens (tertiary/aromatic N) is 1. The van der Waals surface area contributed by atoms with E-state index in [0.29, 0.717) is 26.5 Å². The number of carboxylic acids is 1. The third-order valence-electron chi connectivity index (χ3n) is 4.19. The topological polar surface area (TPSA) is 71.5 Å². The summed E-state index contributed by atoms with van der Waals surface area (Å²) < 4.78 is 5.82. The SMILES string of the molecule is O=C(O)Cc1sc(Nc2cccc(Cl)c2)nc1-c1ccc(Oc2ccccc2)cc1. The smallest absolute Gasteiger partial charge is 0.308 e. The molecule has 0 fully saturated rings. The first-order chi connectivity index (χ1) is 14.6. The summed E-state index contributed by atoms with van der Waals surface area (Å²) >= 11 is 7.35. The van der Waals surface area contributed by atoms with Gasteiger partial charge in [0.2, 0.25) is 0 Å². The Morgan fingerprint density at radius 2 is 1.73 bits per heavy atom. The molecule has 3 aromatic carbocycles. The molecule has 0 atom stereocenters. The molecule has 4 aromatic rings. The maximum absolute atomic E-state index is 11.3. The molecule has 0 bridgehead atoms. The summed E-state index contributed by atoms with van der Waals surface area (Å²) in [5.41, 5.74) is 2.25. The van der Waals surface area contributed by atoms with E-state index in [-0.39, 0.29) is 6.42 Å². The van der Waals surface area contributed by atoms with Crippen molar-refractivity contribution in [1.29, 1.82) is 0 Å². The average Bonchev–Trinajstić information content (AvgIpc) is 3.10. The van der Waals surface area contributed by atoms with Crippen LogP contribution in [0.1, 0.15) is 4.88 Å². The van der Waals surface area contributed by atoms with Crippen molar-refractivity contribution >= 4 is 39.7 Å². The van der Waals surface area contributed by atoms with E-state index in [9.17, 15) is 9.90 Å². The van der Waals surface area contributed by atoms with Crippen molar-refractivity contribution in [1.82, 2.24) is 4.98 Å². The van der Waals surface area contributed by atoms with Crippen LogP contribution in [0.25, 0.3) is 11.3 Å². The first-order valence-electron chi connectivity index (χ1n) is 9.14. The van der Waals surface area contributed by atoms with Gasteiger partial charge in [-0.1, -0.05) is 35.9 Å². The van der Waals surface area contributed by atoms with E-state index in [1.807, 2.05) is 66.7 Å². The van der Waals surface area contributed by atoms with Gasteiger partial charge in [-0.2, -0.15) is 0 Å². The summed E-state index contributed by atoms with van der Waals surface area (Å²) in [5.74, 6) is 0.536. The number of hydrogen-bond acceptors (Lipinski definition) is 5. The molecule has 0 radical (unpaired) electrons. The zero-order valence-corrected chi connectivity index (χ0v) is 17.3. The minimum atomic E-state index is -0.904. The molecule has 0 aliphatic rings. The molecule has 5 nitrogen and oxygen atoms in total. The average molecular weight is 437 g/mol. The molecule has 0 saturated carbocycles. The van der Waals surface area contributed by atoms with Crippen LogP contribution < -0.4 is 10.1 Å². The fourth-order valence-electron chi connectivity index (χ4n) is 2.88. The maximum atomic E-state index is 11.3. The Morgan fingerprint density at radius 3 is 2.43 bits per heavy atom. The van der Waals surface area contributed by atoms with Crippen LogP contribution in [0.5, 0.6) is 11.5 Å². The summed E-state index contributed by atoms with van der Waals surface area (Å²) in [5, 5.41) is 13.7. The monoisotopic (exact) mass is 436 g/mol. The van der Waals surface area contributed by atoms with Crippen LogP contribution in [-0.2, 0) is 11.2 Å². The Bertz CT molecular complexity index is 1160. The highest BCUT2D eigenvalue weighted by atomic mass is 35.5. The van der Waals surface area contributed by atoms with Crippen molar-refractivity contribution in [3.05, 3.63) is 88.8 Å². The van der Waals surface area contributed by atoms with Crippen molar-refractivity contribution in [2.45, 2.75) is 6.42 Å². The molecule has 0 aliphatic carbocycles. The summed E-state index contributed by atoms with van der Waals surface area (Å²) in [6.07, 6.45) is -0.105. The molecule has 0 saturated heterocycles. The van der Waals surface area contributed by atoms with E-state index >= 15 is 0 Å². The van der Waals surface area contributed by atoms with Gasteiger partial charge in [-0.05, 0) is 54.6 Å². The maximum Gasteiger partial charge on any atom is 0.308 e. The second-order valence-electron chi connectivity index (χ2n) is 6.44. The lowest BCUT2D eigenvalue weighted by molar-refractivity contribution is -0.136. The van der Waals surface area contributed by atoms with E-state index < -0.39 is 5.97 Å². The summed E-state index contributed by atoms with van der Waals surface area (Å²) in [6, 6.07) is 24.2. The van der Waals surface area contributed by atoms with E-state index in [1.54, 1.807) is 12.1 Å². The fourth-order valence-corrected chi connectivity index (χ4v) is 4.07. The molecule has 2 N–H and O–H groups in total. The number of halogens is 1. The van der Waals surface area contributed by atoms with Gasteiger partial charge in [0.1, 0.15) is 11.5 Å². The predicted molar refractivity (Wildman–Crippen MR) is 120 cm³/mol. The van der Waals surface area contributed by atoms with Crippen LogP contribution in [-0.4, -0.2) is 16.1 Å². The van der Waals surface area contributed by atoms with Crippen molar-refractivity contribution < 1.29 is 14.6 Å². The highest BCUT2D eigenvalue weighted by molar-refractivity contribution is 7.16. The Hall–Kier alpha value is -3.35. The van der Waals surface area contributed by atoms with Gasteiger partial charge in [0, 0.05) is 21.2 Å². The normalized spacial score (nSPS) is 10.6. The summed E-state index contributed by atoms with van der Waals surface area (Å²) in [4.78, 5) is 16.6. The number of aliphatic carboxylic acids is 1. The van der Waals surface area contributed by atoms with E-state index in [0.717, 1.165) is 17.0 Å². The second-order valence-corrected chi connectivity index (χ2v) is 7.96. The summed E-state index contributed by atoms with van der Waals surface area (Å²) in [6.45, 7) is 0. The zero-order valence-electron chi connectivity index (χ0n) is 15.7. The number of anilines is 2. The van der Waals surface area contributed by atoms with Gasteiger partial charge in [0.05, 0.1) is 12.1 Å². The van der Waals surface area contributed by atoms with Gasteiger partial charge in [-0.15, -0.1) is 11.3 Å². The van der Waals surface area contributed by atoms with Crippen molar-refractivity contribution in [3.63, 3.8) is 0 Å². The van der Waals surface area contributed by atoms with Gasteiger partial charge >= 0.3 is 5.97 Å². The van der Waals surface area contributed by atoms with Crippen LogP contribution in [0.15, 0.2) is 78.9 Å². The van der Waals surface area contributed by atoms with Crippen molar-refractivity contribution in [2.75, 3.05) is 5.32 Å². The molecule has 7 heteroatoms. The number of benzene rings is 3. The molecular weight excluding hydrogens is 420 g/mol. The van der Waals surface area contributed by atoms with E-state index in [4.69, 9.17) is 16.3 Å². The molecule has 30 heavy (non-hydrogen) atoms. The Labute approximate surface area is 182 Å². The predicted octanol–water partition coefficient (Wildman–Crippen LogP) is 6.63. The molecule has 1 aromatic heterocycles. The number of thiazole rings is 1. The van der Waals surface area contributed by atoms with Gasteiger partial charge in [-0.3, -0.25) is 4.79 Å². The van der Waals surface area contributed by atoms with E-state index in [2.05, 4.69) is 10.3 Å². The quantitative estimate of drug-likeness (QED) is 0.340. The lowest BCUT2D eigenvalue weighted by Crippen LogP contribution is -1.99. The fraction of sp³-hybridized carbons (Fsp3) is 0.0435. The molecule has 150 valence electrons. The first-order valence-corrected chi connectivity index (χ1v) is 10.3. The number of nitrogens with one attached hydrogen (secondary N) is 1. The van der Waals surface area contributed by atoms with Gasteiger partial charge in [0.25, 0.3) is 0 Å². The van der Waals surface area contributed by atoms with Crippen LogP contribution in [0.4, 0.5) is 10.8 Å². The Morgan fingerprint density at radius 1 is 1.00 bits per heavy atom. The van der Waals surface area contributed by atoms with Crippen molar-refractivity contribution in [3.8, 4) is 22.8 Å². The number of carbonyl (C=O) groups is 1. The highest BCUT2D eigenvalue weighted by Gasteiger charge is 2.16. The number of para-hydroxylation sites is 1. The Balaban J connectivity index is 1.60. The molecule has 1 heterocycles. The molecule has 0 amide bonds. The lowest BCUT2D eigenvalue weighted by Gasteiger charge is -2.06. The molecule has 4 rings (SSSR count). The summed E-state index contributed by atoms with van der Waals surface area (Å²) in [7, 11) is 0. The molecular formula is C23H17ClN2O3S. The third-order valence-corrected chi connectivity index (χ3v) is 5.40. The lowest BCUT2D eigenvalue weighted by atomic mass is 10.1. The Kier molecular flexibility index (Phi) is 5.97. The molecule has 0 unspecified atom stereocenters. The second kappa shape index (κ2) is 8.98. The first kappa shape index (κ1) is 19.9. The van der Waals surface area contributed by atoms with Crippen LogP contribution in [0.3, 0.4) is 0 Å². The number of aromatic nitrogens is 1. The number of rotatable bonds is 7. The standard InChI is InChI=1S/C23H17ClN2O3S/c24-16-5-4-6-17(13-16)25-23-26-22(20(30-23)14-21(27)28)15-9-11-19(12-10-15)29-18-7-2-1-3-8-18/h1-13H,14H2,(H,25,26)(H,27,28). The number of ether oxygens (including phenoxy) is 1. The van der Waals surface area contributed by atoms with Gasteiger partial charge in [0.15, 0.2) is 5.13 Å². The van der Waals surface area contributed by atoms with Crippen LogP contribution >= 0.6 is 22.9 Å². The van der Waals surface area contributed by atoms with Crippen LogP contribution in [0, 0.1) is 0 Å². The third kappa shape index (κ3) is 4.97. The van der Waals surface area contributed by atoms with Gasteiger partial charge < -0.3 is 15.2 Å². The number of hydrogen-bond donors (Lipinski definition) is 2. The minimum Gasteiger partial charge on any atom is -0.481 e. The largest absolute Gasteiger partial charge is 0.481 e.